The van der Waals surface area contributed by atoms with E-state index >= 15 is 0 Å². The third kappa shape index (κ3) is 5.17. The van der Waals surface area contributed by atoms with E-state index in [1.807, 2.05) is 0 Å². The fraction of sp³-hybridized carbons (Fsp3) is 0.250. The number of nitrogens with zero attached hydrogens (tertiary/aromatic N) is 3. The van der Waals surface area contributed by atoms with Crippen LogP contribution in [-0.2, 0) is 6.42 Å². The van der Waals surface area contributed by atoms with Crippen molar-refractivity contribution in [3.8, 4) is 23.0 Å². The lowest BCUT2D eigenvalue weighted by molar-refractivity contribution is 0.222. The van der Waals surface area contributed by atoms with Crippen LogP contribution in [0.5, 0.6) is 11.5 Å². The van der Waals surface area contributed by atoms with E-state index in [0.29, 0.717) is 46.9 Å². The molecule has 0 saturated heterocycles. The molecule has 8 nitrogen and oxygen atoms in total. The number of amides is 2. The van der Waals surface area contributed by atoms with Gasteiger partial charge in [-0.3, -0.25) is 0 Å². The SMILES string of the molecule is COc1ccc(OC)c(NC(=O)N(C)CCc2noc(-c3ccc(Cl)cc3)n2)c1. The third-order valence-electron chi connectivity index (χ3n) is 4.23. The molecular weight excluding hydrogens is 396 g/mol. The van der Waals surface area contributed by atoms with E-state index in [1.165, 1.54) is 12.0 Å². The van der Waals surface area contributed by atoms with E-state index in [4.69, 9.17) is 25.6 Å². The van der Waals surface area contributed by atoms with Crippen LogP contribution in [0.25, 0.3) is 11.5 Å². The summed E-state index contributed by atoms with van der Waals surface area (Å²) in [6, 6.07) is 12.0. The summed E-state index contributed by atoms with van der Waals surface area (Å²) in [6.45, 7) is 0.401. The first-order chi connectivity index (χ1) is 14.0. The topological polar surface area (TPSA) is 89.7 Å². The molecule has 0 saturated carbocycles. The first-order valence-electron chi connectivity index (χ1n) is 8.83. The van der Waals surface area contributed by atoms with Gasteiger partial charge in [0.2, 0.25) is 0 Å². The molecule has 1 aromatic heterocycles. The number of carbonyl (C=O) groups excluding carboxylic acids is 1. The highest BCUT2D eigenvalue weighted by molar-refractivity contribution is 6.30. The zero-order chi connectivity index (χ0) is 20.8. The summed E-state index contributed by atoms with van der Waals surface area (Å²) >= 11 is 5.89. The Hall–Kier alpha value is -3.26. The van der Waals surface area contributed by atoms with Crippen LogP contribution in [0.2, 0.25) is 5.02 Å². The standard InChI is InChI=1S/C20H21ClN4O4/c1-25(20(26)22-16-12-15(27-2)8-9-17(16)28-3)11-10-18-23-19(29-24-18)13-4-6-14(21)7-5-13/h4-9,12H,10-11H2,1-3H3,(H,22,26). The second-order valence-corrected chi connectivity index (χ2v) is 6.63. The van der Waals surface area contributed by atoms with Gasteiger partial charge in [0, 0.05) is 36.7 Å². The van der Waals surface area contributed by atoms with Gasteiger partial charge >= 0.3 is 6.03 Å². The maximum Gasteiger partial charge on any atom is 0.321 e. The highest BCUT2D eigenvalue weighted by atomic mass is 35.5. The number of ether oxygens (including phenoxy) is 2. The van der Waals surface area contributed by atoms with E-state index in [0.717, 1.165) is 5.56 Å². The van der Waals surface area contributed by atoms with Crippen molar-refractivity contribution >= 4 is 23.3 Å². The molecule has 9 heteroatoms. The van der Waals surface area contributed by atoms with Crippen molar-refractivity contribution in [1.29, 1.82) is 0 Å². The van der Waals surface area contributed by atoms with Crippen molar-refractivity contribution < 1.29 is 18.8 Å². The molecule has 0 aliphatic heterocycles. The Bertz CT molecular complexity index is 975. The molecule has 152 valence electrons. The molecule has 0 bridgehead atoms. The van der Waals surface area contributed by atoms with Crippen LogP contribution in [-0.4, -0.2) is 48.9 Å². The lowest BCUT2D eigenvalue weighted by Gasteiger charge is -2.18. The quantitative estimate of drug-likeness (QED) is 0.623. The Kier molecular flexibility index (Phi) is 6.56. The Morgan fingerprint density at radius 3 is 2.62 bits per heavy atom. The van der Waals surface area contributed by atoms with Crippen LogP contribution in [0.3, 0.4) is 0 Å². The lowest BCUT2D eigenvalue weighted by Crippen LogP contribution is -2.33. The zero-order valence-corrected chi connectivity index (χ0v) is 17.1. The normalized spacial score (nSPS) is 10.5. The zero-order valence-electron chi connectivity index (χ0n) is 16.3. The van der Waals surface area contributed by atoms with Gasteiger partial charge in [0.05, 0.1) is 19.9 Å². The van der Waals surface area contributed by atoms with Crippen LogP contribution >= 0.6 is 11.6 Å². The predicted octanol–water partition coefficient (Wildman–Crippen LogP) is 4.11. The number of benzene rings is 2. The molecule has 0 aliphatic rings. The summed E-state index contributed by atoms with van der Waals surface area (Å²) in [5.74, 6) is 2.07. The molecule has 0 spiro atoms. The number of nitrogens with one attached hydrogen (secondary N) is 1. The van der Waals surface area contributed by atoms with Gasteiger partial charge in [0.25, 0.3) is 5.89 Å². The van der Waals surface area contributed by atoms with Crippen molar-refractivity contribution in [2.24, 2.45) is 0 Å². The van der Waals surface area contributed by atoms with Gasteiger partial charge in [-0.25, -0.2) is 4.79 Å². The van der Waals surface area contributed by atoms with Gasteiger partial charge in [0.15, 0.2) is 5.82 Å². The molecule has 3 rings (SSSR count). The number of hydrogen-bond donors (Lipinski definition) is 1. The summed E-state index contributed by atoms with van der Waals surface area (Å²) in [4.78, 5) is 18.4. The van der Waals surface area contributed by atoms with Crippen LogP contribution < -0.4 is 14.8 Å². The van der Waals surface area contributed by atoms with E-state index < -0.39 is 0 Å². The number of urea groups is 1. The monoisotopic (exact) mass is 416 g/mol. The average Bonchev–Trinajstić information content (AvgIpc) is 3.21. The molecule has 1 heterocycles. The van der Waals surface area contributed by atoms with Crippen molar-refractivity contribution in [2.45, 2.75) is 6.42 Å². The number of carbonyl (C=O) groups is 1. The predicted molar refractivity (Wildman–Crippen MR) is 110 cm³/mol. The molecule has 1 N–H and O–H groups in total. The minimum absolute atomic E-state index is 0.294. The molecule has 0 fully saturated rings. The minimum Gasteiger partial charge on any atom is -0.497 e. The van der Waals surface area contributed by atoms with Crippen molar-refractivity contribution in [1.82, 2.24) is 15.0 Å². The Balaban J connectivity index is 1.59. The van der Waals surface area contributed by atoms with E-state index in [9.17, 15) is 4.79 Å². The Labute approximate surface area is 173 Å². The lowest BCUT2D eigenvalue weighted by atomic mass is 10.2. The van der Waals surface area contributed by atoms with Gasteiger partial charge < -0.3 is 24.2 Å². The van der Waals surface area contributed by atoms with Gasteiger partial charge in [-0.2, -0.15) is 4.98 Å². The number of rotatable bonds is 7. The first kappa shape index (κ1) is 20.5. The van der Waals surface area contributed by atoms with Crippen LogP contribution in [0.1, 0.15) is 5.82 Å². The van der Waals surface area contributed by atoms with Crippen molar-refractivity contribution in [3.05, 3.63) is 53.3 Å². The average molecular weight is 417 g/mol. The third-order valence-corrected chi connectivity index (χ3v) is 4.48. The summed E-state index contributed by atoms with van der Waals surface area (Å²) in [5.41, 5.74) is 1.30. The fourth-order valence-electron chi connectivity index (χ4n) is 2.56. The summed E-state index contributed by atoms with van der Waals surface area (Å²) in [5, 5.41) is 7.41. The molecule has 0 aliphatic carbocycles. The largest absolute Gasteiger partial charge is 0.497 e. The minimum atomic E-state index is -0.294. The Morgan fingerprint density at radius 1 is 1.17 bits per heavy atom. The molecule has 0 unspecified atom stereocenters. The van der Waals surface area contributed by atoms with E-state index in [1.54, 1.807) is 56.6 Å². The van der Waals surface area contributed by atoms with Gasteiger partial charge in [-0.15, -0.1) is 0 Å². The maximum absolute atomic E-state index is 12.5. The highest BCUT2D eigenvalue weighted by Gasteiger charge is 2.15. The smallest absolute Gasteiger partial charge is 0.321 e. The first-order valence-corrected chi connectivity index (χ1v) is 9.20. The summed E-state index contributed by atoms with van der Waals surface area (Å²) in [6.07, 6.45) is 0.441. The van der Waals surface area contributed by atoms with E-state index in [-0.39, 0.29) is 6.03 Å². The van der Waals surface area contributed by atoms with Crippen LogP contribution in [0.15, 0.2) is 47.0 Å². The highest BCUT2D eigenvalue weighted by Crippen LogP contribution is 2.29. The molecule has 3 aromatic rings. The summed E-state index contributed by atoms with van der Waals surface area (Å²) in [7, 11) is 4.78. The Morgan fingerprint density at radius 2 is 1.93 bits per heavy atom. The second kappa shape index (κ2) is 9.29. The van der Waals surface area contributed by atoms with Crippen molar-refractivity contribution in [2.75, 3.05) is 33.1 Å². The number of methoxy groups -OCH3 is 2. The molecule has 29 heavy (non-hydrogen) atoms. The number of anilines is 1. The van der Waals surface area contributed by atoms with Crippen LogP contribution in [0.4, 0.5) is 10.5 Å². The molecule has 0 atom stereocenters. The number of aromatic nitrogens is 2. The second-order valence-electron chi connectivity index (χ2n) is 6.19. The van der Waals surface area contributed by atoms with Gasteiger partial charge in [-0.1, -0.05) is 16.8 Å². The molecule has 2 aromatic carbocycles. The summed E-state index contributed by atoms with van der Waals surface area (Å²) < 4.78 is 15.8. The maximum atomic E-state index is 12.5. The van der Waals surface area contributed by atoms with E-state index in [2.05, 4.69) is 15.5 Å². The van der Waals surface area contributed by atoms with Crippen molar-refractivity contribution in [3.63, 3.8) is 0 Å². The van der Waals surface area contributed by atoms with Gasteiger partial charge in [0.1, 0.15) is 11.5 Å². The number of likely N-dealkylation sites (N-methyl/N-ethyl adjacent to an activating group) is 1. The molecular formula is C20H21ClN4O4. The fourth-order valence-corrected chi connectivity index (χ4v) is 2.68. The van der Waals surface area contributed by atoms with Gasteiger partial charge in [-0.05, 0) is 36.4 Å². The number of hydrogen-bond acceptors (Lipinski definition) is 6. The molecule has 2 amide bonds. The van der Waals surface area contributed by atoms with Crippen LogP contribution in [0, 0.1) is 0 Å². The molecule has 0 radical (unpaired) electrons. The number of halogens is 1.